The number of carbonyl (C=O) groups is 1. The minimum atomic E-state index is -1.16. The van der Waals surface area contributed by atoms with Gasteiger partial charge < -0.3 is 5.11 Å². The molecule has 0 saturated heterocycles. The van der Waals surface area contributed by atoms with Crippen LogP contribution in [0.2, 0.25) is 0 Å². The highest BCUT2D eigenvalue weighted by Gasteiger charge is 2.13. The molecule has 2 aromatic heterocycles. The molecule has 0 radical (unpaired) electrons. The predicted octanol–water partition coefficient (Wildman–Crippen LogP) is 0.370. The van der Waals surface area contributed by atoms with Crippen LogP contribution in [0, 0.1) is 6.92 Å². The molecule has 106 valence electrons. The second-order valence-corrected chi connectivity index (χ2v) is 4.58. The van der Waals surface area contributed by atoms with E-state index in [1.165, 1.54) is 10.9 Å². The Kier molecular flexibility index (Phi) is 2.98. The van der Waals surface area contributed by atoms with Crippen molar-refractivity contribution in [3.8, 4) is 5.69 Å². The molecule has 2 heterocycles. The first-order chi connectivity index (χ1) is 10.1. The summed E-state index contributed by atoms with van der Waals surface area (Å²) >= 11 is 0. The Morgan fingerprint density at radius 1 is 1.29 bits per heavy atom. The third-order valence-corrected chi connectivity index (χ3v) is 3.02. The number of hydrogen-bond donors (Lipinski definition) is 1. The van der Waals surface area contributed by atoms with E-state index in [0.717, 1.165) is 15.9 Å². The largest absolute Gasteiger partial charge is 0.480 e. The van der Waals surface area contributed by atoms with Crippen molar-refractivity contribution in [2.45, 2.75) is 13.5 Å². The summed E-state index contributed by atoms with van der Waals surface area (Å²) in [4.78, 5) is 22.8. The lowest BCUT2D eigenvalue weighted by Crippen LogP contribution is -2.27. The second kappa shape index (κ2) is 4.82. The zero-order valence-corrected chi connectivity index (χ0v) is 11.1. The average Bonchev–Trinajstić information content (AvgIpc) is 2.87. The molecule has 3 aromatic rings. The van der Waals surface area contributed by atoms with Crippen LogP contribution >= 0.6 is 0 Å². The summed E-state index contributed by atoms with van der Waals surface area (Å²) in [6.07, 6.45) is 1.37. The van der Waals surface area contributed by atoms with Crippen molar-refractivity contribution in [1.82, 2.24) is 24.8 Å². The molecule has 0 aliphatic carbocycles. The van der Waals surface area contributed by atoms with Gasteiger partial charge in [0.05, 0.1) is 11.9 Å². The van der Waals surface area contributed by atoms with Gasteiger partial charge in [0.25, 0.3) is 5.56 Å². The number of carboxylic acids is 1. The predicted molar refractivity (Wildman–Crippen MR) is 73.3 cm³/mol. The lowest BCUT2D eigenvalue weighted by molar-refractivity contribution is -0.138. The van der Waals surface area contributed by atoms with Crippen molar-refractivity contribution in [3.63, 3.8) is 0 Å². The van der Waals surface area contributed by atoms with E-state index in [1.807, 2.05) is 31.2 Å². The van der Waals surface area contributed by atoms with Gasteiger partial charge in [0.1, 0.15) is 11.9 Å². The molecule has 1 aromatic carbocycles. The molecular formula is C13H11N5O3. The van der Waals surface area contributed by atoms with E-state index in [9.17, 15) is 9.59 Å². The van der Waals surface area contributed by atoms with Gasteiger partial charge in [0, 0.05) is 0 Å². The summed E-state index contributed by atoms with van der Waals surface area (Å²) in [5.74, 6) is -1.16. The van der Waals surface area contributed by atoms with E-state index >= 15 is 0 Å². The monoisotopic (exact) mass is 285 g/mol. The Bertz CT molecular complexity index is 879. The zero-order valence-electron chi connectivity index (χ0n) is 11.1. The van der Waals surface area contributed by atoms with Gasteiger partial charge in [0.15, 0.2) is 5.65 Å². The van der Waals surface area contributed by atoms with Crippen LogP contribution in [0.25, 0.3) is 16.7 Å². The number of nitrogens with zero attached hydrogens (tertiary/aromatic N) is 5. The maximum atomic E-state index is 12.1. The van der Waals surface area contributed by atoms with Crippen LogP contribution in [0.15, 0.2) is 35.3 Å². The fourth-order valence-electron chi connectivity index (χ4n) is 1.97. The highest BCUT2D eigenvalue weighted by molar-refractivity contribution is 5.75. The number of hydrogen-bond acceptors (Lipinski definition) is 5. The summed E-state index contributed by atoms with van der Waals surface area (Å²) in [7, 11) is 0. The number of aryl methyl sites for hydroxylation is 1. The van der Waals surface area contributed by atoms with E-state index in [1.54, 1.807) is 0 Å². The normalized spacial score (nSPS) is 10.9. The van der Waals surface area contributed by atoms with E-state index in [2.05, 4.69) is 15.4 Å². The molecule has 0 spiro atoms. The fraction of sp³-hybridized carbons (Fsp3) is 0.154. The maximum absolute atomic E-state index is 12.1. The summed E-state index contributed by atoms with van der Waals surface area (Å²) in [6.45, 7) is 1.44. The summed E-state index contributed by atoms with van der Waals surface area (Å²) in [6, 6.07) is 7.54. The van der Waals surface area contributed by atoms with Gasteiger partial charge in [-0.05, 0) is 19.1 Å². The van der Waals surface area contributed by atoms with Gasteiger partial charge in [-0.15, -0.1) is 5.10 Å². The Balaban J connectivity index is 2.15. The first-order valence-electron chi connectivity index (χ1n) is 6.16. The quantitative estimate of drug-likeness (QED) is 0.745. The lowest BCUT2D eigenvalue weighted by atomic mass is 10.2. The van der Waals surface area contributed by atoms with Crippen molar-refractivity contribution < 1.29 is 9.90 Å². The molecule has 3 rings (SSSR count). The first kappa shape index (κ1) is 13.0. The van der Waals surface area contributed by atoms with Crippen molar-refractivity contribution >= 4 is 17.0 Å². The molecule has 0 amide bonds. The molecule has 0 saturated carbocycles. The lowest BCUT2D eigenvalue weighted by Gasteiger charge is -2.03. The van der Waals surface area contributed by atoms with Gasteiger partial charge in [-0.2, -0.15) is 9.78 Å². The average molecular weight is 285 g/mol. The van der Waals surface area contributed by atoms with Gasteiger partial charge >= 0.3 is 5.97 Å². The molecule has 0 bridgehead atoms. The molecule has 1 N–H and O–H groups in total. The maximum Gasteiger partial charge on any atom is 0.325 e. The van der Waals surface area contributed by atoms with Crippen LogP contribution in [-0.2, 0) is 11.3 Å². The topological polar surface area (TPSA) is 103 Å². The van der Waals surface area contributed by atoms with E-state index in [-0.39, 0.29) is 5.39 Å². The molecule has 0 aliphatic heterocycles. The number of benzene rings is 1. The third kappa shape index (κ3) is 2.27. The smallest absolute Gasteiger partial charge is 0.325 e. The number of aromatic nitrogens is 5. The summed E-state index contributed by atoms with van der Waals surface area (Å²) in [5.41, 5.74) is 1.62. The van der Waals surface area contributed by atoms with Crippen LogP contribution in [0.3, 0.4) is 0 Å². The van der Waals surface area contributed by atoms with Crippen molar-refractivity contribution in [2.75, 3.05) is 0 Å². The van der Waals surface area contributed by atoms with Gasteiger partial charge in [0.2, 0.25) is 0 Å². The molecule has 21 heavy (non-hydrogen) atoms. The molecule has 8 nitrogen and oxygen atoms in total. The Labute approximate surface area is 118 Å². The van der Waals surface area contributed by atoms with Crippen LogP contribution in [-0.4, -0.2) is 35.9 Å². The second-order valence-electron chi connectivity index (χ2n) is 4.58. The van der Waals surface area contributed by atoms with E-state index < -0.39 is 18.1 Å². The molecule has 0 unspecified atom stereocenters. The van der Waals surface area contributed by atoms with E-state index in [4.69, 9.17) is 5.11 Å². The van der Waals surface area contributed by atoms with Gasteiger partial charge in [-0.25, -0.2) is 4.68 Å². The Morgan fingerprint density at radius 2 is 2.00 bits per heavy atom. The van der Waals surface area contributed by atoms with Crippen molar-refractivity contribution in [3.05, 3.63) is 46.4 Å². The highest BCUT2D eigenvalue weighted by atomic mass is 16.4. The molecule has 0 fully saturated rings. The Hall–Kier alpha value is -3.03. The van der Waals surface area contributed by atoms with Crippen molar-refractivity contribution in [1.29, 1.82) is 0 Å². The number of rotatable bonds is 3. The number of carboxylic acid groups (broad SMARTS) is 1. The zero-order chi connectivity index (χ0) is 15.0. The van der Waals surface area contributed by atoms with E-state index in [0.29, 0.717) is 5.65 Å². The van der Waals surface area contributed by atoms with Crippen molar-refractivity contribution in [2.24, 2.45) is 0 Å². The molecule has 8 heteroatoms. The molecule has 0 aliphatic rings. The van der Waals surface area contributed by atoms with Crippen LogP contribution in [0.1, 0.15) is 5.56 Å². The summed E-state index contributed by atoms with van der Waals surface area (Å²) in [5, 5.41) is 20.6. The van der Waals surface area contributed by atoms with Crippen LogP contribution < -0.4 is 5.56 Å². The van der Waals surface area contributed by atoms with Gasteiger partial charge in [-0.3, -0.25) is 9.59 Å². The number of aliphatic carboxylic acids is 1. The van der Waals surface area contributed by atoms with Crippen LogP contribution in [0.5, 0.6) is 0 Å². The number of fused-ring (bicyclic) bond motifs is 1. The minimum absolute atomic E-state index is 0.229. The van der Waals surface area contributed by atoms with Gasteiger partial charge in [-0.1, -0.05) is 22.9 Å². The Morgan fingerprint density at radius 3 is 2.67 bits per heavy atom. The van der Waals surface area contributed by atoms with Crippen LogP contribution in [0.4, 0.5) is 0 Å². The third-order valence-electron chi connectivity index (χ3n) is 3.02. The molecule has 0 atom stereocenters. The SMILES string of the molecule is Cc1ccc(-n2ncc3c(=O)n(CC(=O)O)nnc32)cc1. The minimum Gasteiger partial charge on any atom is -0.480 e. The summed E-state index contributed by atoms with van der Waals surface area (Å²) < 4.78 is 2.29. The fourth-order valence-corrected chi connectivity index (χ4v) is 1.97. The first-order valence-corrected chi connectivity index (χ1v) is 6.16. The molecular weight excluding hydrogens is 274 g/mol. The highest BCUT2D eigenvalue weighted by Crippen LogP contribution is 2.13. The standard InChI is InChI=1S/C13H11N5O3/c1-8-2-4-9(5-3-8)18-12-10(6-14-18)13(21)17(16-15-12)7-11(19)20/h2-6H,7H2,1H3,(H,19,20).